The number of aryl methyl sites for hydroxylation is 1. The van der Waals surface area contributed by atoms with Gasteiger partial charge in [0.05, 0.1) is 6.10 Å². The lowest BCUT2D eigenvalue weighted by Gasteiger charge is -2.10. The zero-order valence-corrected chi connectivity index (χ0v) is 14.6. The van der Waals surface area contributed by atoms with Crippen LogP contribution in [0.3, 0.4) is 0 Å². The molecule has 130 valence electrons. The van der Waals surface area contributed by atoms with Gasteiger partial charge in [-0.3, -0.25) is 4.79 Å². The van der Waals surface area contributed by atoms with Gasteiger partial charge < -0.3 is 14.5 Å². The third kappa shape index (κ3) is 4.63. The summed E-state index contributed by atoms with van der Waals surface area (Å²) in [6.45, 7) is 4.56. The molecular formula is C21H23NO3. The Balaban J connectivity index is 1.45. The molecule has 2 aromatic carbocycles. The molecule has 0 fully saturated rings. The van der Waals surface area contributed by atoms with Crippen molar-refractivity contribution in [3.8, 4) is 5.75 Å². The van der Waals surface area contributed by atoms with Crippen LogP contribution in [0.5, 0.6) is 5.75 Å². The molecule has 1 N–H and O–H groups in total. The highest BCUT2D eigenvalue weighted by Gasteiger charge is 2.07. The maximum absolute atomic E-state index is 12.2. The Morgan fingerprint density at radius 2 is 1.88 bits per heavy atom. The van der Waals surface area contributed by atoms with Crippen LogP contribution in [-0.2, 0) is 6.42 Å². The molecule has 0 unspecified atom stereocenters. The number of furan rings is 1. The van der Waals surface area contributed by atoms with Crippen molar-refractivity contribution >= 4 is 16.9 Å². The minimum absolute atomic E-state index is 0.0688. The van der Waals surface area contributed by atoms with E-state index in [-0.39, 0.29) is 12.0 Å². The minimum atomic E-state index is -0.0688. The van der Waals surface area contributed by atoms with Crippen molar-refractivity contribution in [3.63, 3.8) is 0 Å². The lowest BCUT2D eigenvalue weighted by Crippen LogP contribution is -2.24. The summed E-state index contributed by atoms with van der Waals surface area (Å²) in [6, 6.07) is 17.2. The maximum Gasteiger partial charge on any atom is 0.251 e. The molecule has 1 amide bonds. The summed E-state index contributed by atoms with van der Waals surface area (Å²) in [5.74, 6) is 1.66. The van der Waals surface area contributed by atoms with Crippen LogP contribution in [0.1, 0.15) is 36.4 Å². The molecule has 0 saturated heterocycles. The second kappa shape index (κ2) is 7.88. The van der Waals surface area contributed by atoms with E-state index in [0.29, 0.717) is 12.1 Å². The van der Waals surface area contributed by atoms with Crippen LogP contribution < -0.4 is 10.1 Å². The van der Waals surface area contributed by atoms with Gasteiger partial charge in [0.1, 0.15) is 17.1 Å². The molecule has 4 nitrogen and oxygen atoms in total. The summed E-state index contributed by atoms with van der Waals surface area (Å²) in [5, 5.41) is 4.06. The molecule has 3 rings (SSSR count). The number of fused-ring (bicyclic) bond motifs is 1. The molecule has 0 saturated carbocycles. The van der Waals surface area contributed by atoms with Crippen LogP contribution in [0, 0.1) is 0 Å². The Morgan fingerprint density at radius 3 is 2.60 bits per heavy atom. The lowest BCUT2D eigenvalue weighted by molar-refractivity contribution is 0.0953. The van der Waals surface area contributed by atoms with Gasteiger partial charge in [-0.2, -0.15) is 0 Å². The first-order valence-electron chi connectivity index (χ1n) is 8.64. The van der Waals surface area contributed by atoms with E-state index in [9.17, 15) is 4.79 Å². The molecular weight excluding hydrogens is 314 g/mol. The normalized spacial score (nSPS) is 11.0. The number of ether oxygens (including phenoxy) is 1. The highest BCUT2D eigenvalue weighted by Crippen LogP contribution is 2.19. The molecule has 0 bridgehead atoms. The second-order valence-corrected chi connectivity index (χ2v) is 6.30. The van der Waals surface area contributed by atoms with Gasteiger partial charge in [0.15, 0.2) is 0 Å². The molecule has 3 aromatic rings. The van der Waals surface area contributed by atoms with E-state index in [1.54, 1.807) is 12.1 Å². The first-order valence-corrected chi connectivity index (χ1v) is 8.64. The Bertz CT molecular complexity index is 801. The number of amides is 1. The Morgan fingerprint density at radius 1 is 1.12 bits per heavy atom. The van der Waals surface area contributed by atoms with Crippen molar-refractivity contribution in [1.82, 2.24) is 5.32 Å². The van der Waals surface area contributed by atoms with Gasteiger partial charge in [-0.05, 0) is 56.7 Å². The molecule has 4 heteroatoms. The standard InChI is InChI=1S/C21H23NO3/c1-15(2)24-18-11-9-16(10-12-18)21(23)22-13-5-7-19-14-17-6-3-4-8-20(17)25-19/h3-4,6,8-12,14-15H,5,7,13H2,1-2H3,(H,22,23). The quantitative estimate of drug-likeness (QED) is 0.642. The molecule has 1 heterocycles. The van der Waals surface area contributed by atoms with Crippen LogP contribution in [0.15, 0.2) is 59.0 Å². The van der Waals surface area contributed by atoms with Crippen molar-refractivity contribution in [2.45, 2.75) is 32.8 Å². The van der Waals surface area contributed by atoms with Gasteiger partial charge in [0.25, 0.3) is 5.91 Å². The van der Waals surface area contributed by atoms with Gasteiger partial charge in [-0.25, -0.2) is 0 Å². The van der Waals surface area contributed by atoms with Gasteiger partial charge in [-0.15, -0.1) is 0 Å². The lowest BCUT2D eigenvalue weighted by atomic mass is 10.2. The minimum Gasteiger partial charge on any atom is -0.491 e. The smallest absolute Gasteiger partial charge is 0.251 e. The molecule has 0 radical (unpaired) electrons. The molecule has 0 spiro atoms. The average molecular weight is 337 g/mol. The Hall–Kier alpha value is -2.75. The summed E-state index contributed by atoms with van der Waals surface area (Å²) in [7, 11) is 0. The fraction of sp³-hybridized carbons (Fsp3) is 0.286. The van der Waals surface area contributed by atoms with Crippen molar-refractivity contribution in [1.29, 1.82) is 0 Å². The number of carbonyl (C=O) groups excluding carboxylic acids is 1. The van der Waals surface area contributed by atoms with Gasteiger partial charge >= 0.3 is 0 Å². The molecule has 0 atom stereocenters. The zero-order chi connectivity index (χ0) is 17.6. The van der Waals surface area contributed by atoms with Gasteiger partial charge in [-0.1, -0.05) is 18.2 Å². The van der Waals surface area contributed by atoms with Crippen LogP contribution in [-0.4, -0.2) is 18.6 Å². The van der Waals surface area contributed by atoms with Crippen molar-refractivity contribution < 1.29 is 13.9 Å². The van der Waals surface area contributed by atoms with E-state index in [1.165, 1.54) is 0 Å². The first kappa shape index (κ1) is 17.1. The number of hydrogen-bond donors (Lipinski definition) is 1. The molecule has 0 aliphatic heterocycles. The summed E-state index contributed by atoms with van der Waals surface area (Å²) >= 11 is 0. The van der Waals surface area contributed by atoms with E-state index >= 15 is 0 Å². The van der Waals surface area contributed by atoms with Crippen molar-refractivity contribution in [3.05, 3.63) is 65.9 Å². The van der Waals surface area contributed by atoms with E-state index < -0.39 is 0 Å². The monoisotopic (exact) mass is 337 g/mol. The number of hydrogen-bond acceptors (Lipinski definition) is 3. The first-order chi connectivity index (χ1) is 12.1. The fourth-order valence-corrected chi connectivity index (χ4v) is 2.68. The van der Waals surface area contributed by atoms with Crippen molar-refractivity contribution in [2.24, 2.45) is 0 Å². The number of nitrogens with one attached hydrogen (secondary N) is 1. The molecule has 1 aromatic heterocycles. The second-order valence-electron chi connectivity index (χ2n) is 6.30. The highest BCUT2D eigenvalue weighted by atomic mass is 16.5. The van der Waals surface area contributed by atoms with Crippen LogP contribution in [0.25, 0.3) is 11.0 Å². The molecule has 0 aliphatic rings. The van der Waals surface area contributed by atoms with Crippen LogP contribution in [0.2, 0.25) is 0 Å². The molecule has 25 heavy (non-hydrogen) atoms. The fourth-order valence-electron chi connectivity index (χ4n) is 2.68. The topological polar surface area (TPSA) is 51.5 Å². The Labute approximate surface area is 147 Å². The van der Waals surface area contributed by atoms with E-state index in [0.717, 1.165) is 35.3 Å². The van der Waals surface area contributed by atoms with Gasteiger partial charge in [0, 0.05) is 23.9 Å². The maximum atomic E-state index is 12.2. The van der Waals surface area contributed by atoms with E-state index in [1.807, 2.05) is 50.2 Å². The summed E-state index contributed by atoms with van der Waals surface area (Å²) in [6.07, 6.45) is 1.76. The average Bonchev–Trinajstić information content (AvgIpc) is 3.01. The summed E-state index contributed by atoms with van der Waals surface area (Å²) < 4.78 is 11.4. The van der Waals surface area contributed by atoms with E-state index in [4.69, 9.17) is 9.15 Å². The number of para-hydroxylation sites is 1. The zero-order valence-electron chi connectivity index (χ0n) is 14.6. The van der Waals surface area contributed by atoms with Crippen LogP contribution >= 0.6 is 0 Å². The highest BCUT2D eigenvalue weighted by molar-refractivity contribution is 5.94. The SMILES string of the molecule is CC(C)Oc1ccc(C(=O)NCCCc2cc3ccccc3o2)cc1. The predicted octanol–water partition coefficient (Wildman–Crippen LogP) is 4.58. The number of carbonyl (C=O) groups is 1. The number of rotatable bonds is 7. The predicted molar refractivity (Wildman–Crippen MR) is 99.1 cm³/mol. The third-order valence-electron chi connectivity index (χ3n) is 3.85. The summed E-state index contributed by atoms with van der Waals surface area (Å²) in [4.78, 5) is 12.2. The van der Waals surface area contributed by atoms with E-state index in [2.05, 4.69) is 11.4 Å². The van der Waals surface area contributed by atoms with Crippen LogP contribution in [0.4, 0.5) is 0 Å². The third-order valence-corrected chi connectivity index (χ3v) is 3.85. The van der Waals surface area contributed by atoms with Crippen molar-refractivity contribution in [2.75, 3.05) is 6.54 Å². The molecule has 0 aliphatic carbocycles. The largest absolute Gasteiger partial charge is 0.491 e. The number of benzene rings is 2. The Kier molecular flexibility index (Phi) is 5.39. The van der Waals surface area contributed by atoms with Gasteiger partial charge in [0.2, 0.25) is 0 Å². The summed E-state index contributed by atoms with van der Waals surface area (Å²) in [5.41, 5.74) is 1.55.